The molecule has 1 amide bonds. The summed E-state index contributed by atoms with van der Waals surface area (Å²) < 4.78 is 31.2. The van der Waals surface area contributed by atoms with Gasteiger partial charge in [-0.2, -0.15) is 0 Å². The first-order valence-corrected chi connectivity index (χ1v) is 13.2. The Balaban J connectivity index is 1.65. The van der Waals surface area contributed by atoms with Gasteiger partial charge in [-0.1, -0.05) is 43.6 Å². The number of rotatable bonds is 8. The third-order valence-corrected chi connectivity index (χ3v) is 7.38. The van der Waals surface area contributed by atoms with Crippen molar-refractivity contribution in [3.63, 3.8) is 0 Å². The van der Waals surface area contributed by atoms with E-state index in [1.165, 1.54) is 12.1 Å². The number of carbonyl (C=O) groups excluding carboxylic acids is 1. The van der Waals surface area contributed by atoms with E-state index in [1.807, 2.05) is 6.07 Å². The summed E-state index contributed by atoms with van der Waals surface area (Å²) in [5.74, 6) is 0.730. The molecule has 0 fully saturated rings. The number of fused-ring (bicyclic) bond motifs is 2. The van der Waals surface area contributed by atoms with E-state index in [2.05, 4.69) is 13.8 Å². The highest BCUT2D eigenvalue weighted by atomic mass is 35.5. The molecular weight excluding hydrogens is 521 g/mol. The standard InChI is InChI=1S/C31H29ClFNO5/c1-17(2)11-12-38-24-10-7-20(14-26(24)37-4)28-27-29(35)22-15-23(32)18(3)13-25(22)39-30(27)31(36)34(28)16-19-5-8-21(33)9-6-19/h5-10,13-15,17,28H,11-12,16H2,1-4H3. The Morgan fingerprint density at radius 2 is 1.79 bits per heavy atom. The first-order valence-electron chi connectivity index (χ1n) is 12.8. The van der Waals surface area contributed by atoms with Crippen LogP contribution in [0.4, 0.5) is 4.39 Å². The van der Waals surface area contributed by atoms with E-state index in [-0.39, 0.29) is 29.1 Å². The maximum absolute atomic E-state index is 13.9. The van der Waals surface area contributed by atoms with E-state index in [0.29, 0.717) is 51.1 Å². The van der Waals surface area contributed by atoms with Gasteiger partial charge in [-0.05, 0) is 72.4 Å². The maximum Gasteiger partial charge on any atom is 0.291 e. The number of ether oxygens (including phenoxy) is 2. The van der Waals surface area contributed by atoms with Gasteiger partial charge in [-0.15, -0.1) is 0 Å². The molecule has 1 unspecified atom stereocenters. The zero-order valence-electron chi connectivity index (χ0n) is 22.2. The average molecular weight is 550 g/mol. The van der Waals surface area contributed by atoms with Crippen LogP contribution in [0.25, 0.3) is 11.0 Å². The molecule has 3 aromatic carbocycles. The van der Waals surface area contributed by atoms with E-state index in [0.717, 1.165) is 12.0 Å². The molecule has 0 bridgehead atoms. The number of carbonyl (C=O) groups is 1. The van der Waals surface area contributed by atoms with Crippen molar-refractivity contribution >= 4 is 28.5 Å². The Hall–Kier alpha value is -3.84. The minimum absolute atomic E-state index is 0.0161. The molecule has 0 saturated heterocycles. The lowest BCUT2D eigenvalue weighted by molar-refractivity contribution is 0.0714. The molecule has 0 N–H and O–H groups in total. The Morgan fingerprint density at radius 3 is 2.49 bits per heavy atom. The van der Waals surface area contributed by atoms with Gasteiger partial charge in [0.1, 0.15) is 11.4 Å². The number of halogens is 2. The van der Waals surface area contributed by atoms with Crippen LogP contribution in [0.3, 0.4) is 0 Å². The maximum atomic E-state index is 13.9. The summed E-state index contributed by atoms with van der Waals surface area (Å²) in [6, 6.07) is 13.8. The third kappa shape index (κ3) is 5.11. The molecule has 4 aromatic rings. The number of methoxy groups -OCH3 is 1. The second-order valence-electron chi connectivity index (χ2n) is 10.2. The van der Waals surface area contributed by atoms with Crippen LogP contribution in [-0.4, -0.2) is 24.5 Å². The number of amides is 1. The second-order valence-corrected chi connectivity index (χ2v) is 10.6. The fraction of sp³-hybridized carbons (Fsp3) is 0.290. The molecule has 2 heterocycles. The third-order valence-electron chi connectivity index (χ3n) is 6.97. The van der Waals surface area contributed by atoms with Gasteiger partial charge in [0.15, 0.2) is 16.9 Å². The van der Waals surface area contributed by atoms with Gasteiger partial charge < -0.3 is 18.8 Å². The lowest BCUT2D eigenvalue weighted by atomic mass is 9.97. The van der Waals surface area contributed by atoms with Crippen LogP contribution in [0.15, 0.2) is 63.8 Å². The van der Waals surface area contributed by atoms with Gasteiger partial charge in [0.05, 0.1) is 30.7 Å². The van der Waals surface area contributed by atoms with Crippen molar-refractivity contribution in [1.29, 1.82) is 0 Å². The topological polar surface area (TPSA) is 69.0 Å². The molecule has 8 heteroatoms. The van der Waals surface area contributed by atoms with Crippen molar-refractivity contribution in [2.75, 3.05) is 13.7 Å². The molecule has 1 aromatic heterocycles. The molecule has 202 valence electrons. The monoisotopic (exact) mass is 549 g/mol. The summed E-state index contributed by atoms with van der Waals surface area (Å²) in [4.78, 5) is 29.2. The molecule has 0 spiro atoms. The summed E-state index contributed by atoms with van der Waals surface area (Å²) in [6.45, 7) is 6.72. The van der Waals surface area contributed by atoms with Crippen molar-refractivity contribution in [3.8, 4) is 11.5 Å². The molecule has 0 saturated carbocycles. The van der Waals surface area contributed by atoms with E-state index in [1.54, 1.807) is 55.3 Å². The molecule has 0 aliphatic carbocycles. The van der Waals surface area contributed by atoms with Gasteiger partial charge in [0.25, 0.3) is 5.91 Å². The minimum Gasteiger partial charge on any atom is -0.493 e. The fourth-order valence-corrected chi connectivity index (χ4v) is 4.98. The fourth-order valence-electron chi connectivity index (χ4n) is 4.82. The van der Waals surface area contributed by atoms with Crippen molar-refractivity contribution in [3.05, 3.63) is 104 Å². The Bertz CT molecular complexity index is 1610. The molecule has 39 heavy (non-hydrogen) atoms. The summed E-state index contributed by atoms with van der Waals surface area (Å²) >= 11 is 6.34. The van der Waals surface area contributed by atoms with Crippen molar-refractivity contribution in [1.82, 2.24) is 4.90 Å². The van der Waals surface area contributed by atoms with Crippen LogP contribution >= 0.6 is 11.6 Å². The second kappa shape index (κ2) is 10.7. The Labute approximate surface area is 230 Å². The molecular formula is C31H29ClFNO5. The Morgan fingerprint density at radius 1 is 1.05 bits per heavy atom. The zero-order chi connectivity index (χ0) is 27.8. The molecule has 5 rings (SSSR count). The van der Waals surface area contributed by atoms with Gasteiger partial charge in [0, 0.05) is 11.6 Å². The quantitative estimate of drug-likeness (QED) is 0.235. The summed E-state index contributed by atoms with van der Waals surface area (Å²) in [5, 5.41) is 0.731. The number of aryl methyl sites for hydroxylation is 1. The summed E-state index contributed by atoms with van der Waals surface area (Å²) in [7, 11) is 1.55. The van der Waals surface area contributed by atoms with Crippen molar-refractivity contribution in [2.24, 2.45) is 5.92 Å². The van der Waals surface area contributed by atoms with Crippen LogP contribution in [-0.2, 0) is 6.54 Å². The molecule has 0 radical (unpaired) electrons. The van der Waals surface area contributed by atoms with Crippen molar-refractivity contribution in [2.45, 2.75) is 39.8 Å². The highest BCUT2D eigenvalue weighted by Crippen LogP contribution is 2.42. The highest BCUT2D eigenvalue weighted by molar-refractivity contribution is 6.32. The first kappa shape index (κ1) is 26.8. The molecule has 1 aliphatic rings. The average Bonchev–Trinajstić information content (AvgIpc) is 3.18. The molecule has 1 aliphatic heterocycles. The first-order chi connectivity index (χ1) is 18.7. The van der Waals surface area contributed by atoms with E-state index < -0.39 is 11.9 Å². The normalized spacial score (nSPS) is 14.8. The molecule has 6 nitrogen and oxygen atoms in total. The number of benzene rings is 3. The zero-order valence-corrected chi connectivity index (χ0v) is 23.0. The van der Waals surface area contributed by atoms with Crippen LogP contribution in [0.1, 0.15) is 59.1 Å². The van der Waals surface area contributed by atoms with Crippen LogP contribution in [0, 0.1) is 18.7 Å². The van der Waals surface area contributed by atoms with E-state index >= 15 is 0 Å². The van der Waals surface area contributed by atoms with Gasteiger partial charge in [0.2, 0.25) is 5.76 Å². The lowest BCUT2D eigenvalue weighted by Crippen LogP contribution is -2.29. The number of nitrogens with zero attached hydrogens (tertiary/aromatic N) is 1. The predicted octanol–water partition coefficient (Wildman–Crippen LogP) is 7.07. The molecule has 1 atom stereocenters. The van der Waals surface area contributed by atoms with E-state index in [9.17, 15) is 14.0 Å². The summed E-state index contributed by atoms with van der Waals surface area (Å²) in [5.41, 5.74) is 2.29. The predicted molar refractivity (Wildman–Crippen MR) is 148 cm³/mol. The minimum atomic E-state index is -0.767. The van der Waals surface area contributed by atoms with E-state index in [4.69, 9.17) is 25.5 Å². The van der Waals surface area contributed by atoms with Crippen LogP contribution in [0.5, 0.6) is 11.5 Å². The SMILES string of the molecule is COc1cc(C2c3c(oc4cc(C)c(Cl)cc4c3=O)C(=O)N2Cc2ccc(F)cc2)ccc1OCCC(C)C. The van der Waals surface area contributed by atoms with Gasteiger partial charge >= 0.3 is 0 Å². The Kier molecular flexibility index (Phi) is 7.36. The largest absolute Gasteiger partial charge is 0.493 e. The van der Waals surface area contributed by atoms with Crippen LogP contribution < -0.4 is 14.9 Å². The van der Waals surface area contributed by atoms with Crippen LogP contribution in [0.2, 0.25) is 5.02 Å². The smallest absolute Gasteiger partial charge is 0.291 e. The summed E-state index contributed by atoms with van der Waals surface area (Å²) in [6.07, 6.45) is 0.886. The number of hydrogen-bond acceptors (Lipinski definition) is 5. The highest BCUT2D eigenvalue weighted by Gasteiger charge is 2.43. The van der Waals surface area contributed by atoms with Crippen molar-refractivity contribution < 1.29 is 23.1 Å². The number of hydrogen-bond donors (Lipinski definition) is 0. The van der Waals surface area contributed by atoms with Gasteiger partial charge in [-0.25, -0.2) is 4.39 Å². The lowest BCUT2D eigenvalue weighted by Gasteiger charge is -2.26. The van der Waals surface area contributed by atoms with Gasteiger partial charge in [-0.3, -0.25) is 9.59 Å².